The highest BCUT2D eigenvalue weighted by Crippen LogP contribution is 2.28. The van der Waals surface area contributed by atoms with Crippen LogP contribution >= 0.6 is 27.7 Å². The molecule has 0 aliphatic rings. The molecule has 1 atom stereocenters. The summed E-state index contributed by atoms with van der Waals surface area (Å²) in [6, 6.07) is 21.5. The lowest BCUT2D eigenvalue weighted by Gasteiger charge is -2.14. The molecule has 4 rings (SSSR count). The van der Waals surface area contributed by atoms with Gasteiger partial charge in [-0.3, -0.25) is 14.3 Å². The van der Waals surface area contributed by atoms with E-state index < -0.39 is 0 Å². The minimum absolute atomic E-state index is 0.0907. The maximum absolute atomic E-state index is 12.7. The van der Waals surface area contributed by atoms with Gasteiger partial charge in [-0.2, -0.15) is 0 Å². The third-order valence-electron chi connectivity index (χ3n) is 4.60. The van der Waals surface area contributed by atoms with Crippen molar-refractivity contribution in [1.29, 1.82) is 0 Å². The lowest BCUT2D eigenvalue weighted by atomic mass is 10.2. The Bertz CT molecular complexity index is 1150. The van der Waals surface area contributed by atoms with Crippen LogP contribution in [0.2, 0.25) is 0 Å². The van der Waals surface area contributed by atoms with Crippen LogP contribution in [0.1, 0.15) is 12.5 Å². The highest BCUT2D eigenvalue weighted by molar-refractivity contribution is 9.10. The molecule has 6 nitrogen and oxygen atoms in total. The Morgan fingerprint density at radius 3 is 2.45 bits per heavy atom. The van der Waals surface area contributed by atoms with Crippen molar-refractivity contribution in [3.63, 3.8) is 0 Å². The topological polar surface area (TPSA) is 72.7 Å². The van der Waals surface area contributed by atoms with Crippen LogP contribution in [0.15, 0.2) is 88.8 Å². The minimum atomic E-state index is -0.354. The van der Waals surface area contributed by atoms with Gasteiger partial charge in [0.2, 0.25) is 5.91 Å². The molecule has 1 N–H and O–H groups in total. The van der Waals surface area contributed by atoms with E-state index in [1.54, 1.807) is 12.4 Å². The molecule has 1 unspecified atom stereocenters. The molecule has 2 heterocycles. The number of hydrogen-bond donors (Lipinski definition) is 1. The van der Waals surface area contributed by atoms with Crippen molar-refractivity contribution in [2.75, 3.05) is 5.32 Å². The van der Waals surface area contributed by atoms with Crippen LogP contribution < -0.4 is 5.32 Å². The van der Waals surface area contributed by atoms with Crippen molar-refractivity contribution in [2.24, 2.45) is 0 Å². The number of amides is 1. The molecule has 31 heavy (non-hydrogen) atoms. The molecule has 4 aromatic rings. The van der Waals surface area contributed by atoms with Gasteiger partial charge in [0.1, 0.15) is 0 Å². The Balaban J connectivity index is 1.57. The molecule has 1 amide bonds. The van der Waals surface area contributed by atoms with Gasteiger partial charge in [0.05, 0.1) is 11.8 Å². The van der Waals surface area contributed by atoms with E-state index in [0.29, 0.717) is 11.7 Å². The molecule has 0 saturated carbocycles. The van der Waals surface area contributed by atoms with Gasteiger partial charge in [-0.25, -0.2) is 0 Å². The van der Waals surface area contributed by atoms with E-state index in [1.807, 2.05) is 66.1 Å². The van der Waals surface area contributed by atoms with E-state index in [4.69, 9.17) is 0 Å². The van der Waals surface area contributed by atoms with E-state index >= 15 is 0 Å². The monoisotopic (exact) mass is 493 g/mol. The fraction of sp³-hybridized carbons (Fsp3) is 0.130. The summed E-state index contributed by atoms with van der Waals surface area (Å²) in [4.78, 5) is 16.8. The van der Waals surface area contributed by atoms with Crippen LogP contribution in [0.5, 0.6) is 0 Å². The van der Waals surface area contributed by atoms with Gasteiger partial charge in [-0.1, -0.05) is 58.0 Å². The summed E-state index contributed by atoms with van der Waals surface area (Å²) < 4.78 is 3.00. The smallest absolute Gasteiger partial charge is 0.237 e. The zero-order chi connectivity index (χ0) is 21.6. The summed E-state index contributed by atoms with van der Waals surface area (Å²) in [5.74, 6) is 0.654. The summed E-state index contributed by atoms with van der Waals surface area (Å²) in [6.07, 6.45) is 3.47. The van der Waals surface area contributed by atoms with Crippen molar-refractivity contribution in [3.8, 4) is 11.4 Å². The van der Waals surface area contributed by atoms with Crippen molar-refractivity contribution in [1.82, 2.24) is 19.7 Å². The molecule has 8 heteroatoms. The van der Waals surface area contributed by atoms with Gasteiger partial charge in [0.25, 0.3) is 0 Å². The molecule has 2 aromatic heterocycles. The number of hydrogen-bond acceptors (Lipinski definition) is 5. The van der Waals surface area contributed by atoms with Gasteiger partial charge >= 0.3 is 0 Å². The van der Waals surface area contributed by atoms with Crippen LogP contribution in [0.3, 0.4) is 0 Å². The molecule has 0 aliphatic carbocycles. The zero-order valence-corrected chi connectivity index (χ0v) is 19.2. The van der Waals surface area contributed by atoms with Crippen LogP contribution in [0.4, 0.5) is 5.69 Å². The first kappa shape index (κ1) is 21.3. The number of aromatic nitrogens is 4. The molecule has 0 saturated heterocycles. The quantitative estimate of drug-likeness (QED) is 0.355. The second-order valence-corrected chi connectivity index (χ2v) is 9.09. The second-order valence-electron chi connectivity index (χ2n) is 6.87. The zero-order valence-electron chi connectivity index (χ0n) is 16.8. The average molecular weight is 494 g/mol. The predicted octanol–water partition coefficient (Wildman–Crippen LogP) is 5.27. The number of pyridine rings is 1. The third-order valence-corrected chi connectivity index (χ3v) is 6.21. The maximum atomic E-state index is 12.7. The normalized spacial score (nSPS) is 11.8. The molecule has 0 fully saturated rings. The summed E-state index contributed by atoms with van der Waals surface area (Å²) in [6.45, 7) is 2.47. The molecule has 0 aliphatic heterocycles. The number of thioether (sulfide) groups is 1. The van der Waals surface area contributed by atoms with Crippen LogP contribution in [-0.2, 0) is 11.3 Å². The van der Waals surface area contributed by atoms with E-state index in [-0.39, 0.29) is 11.2 Å². The Kier molecular flexibility index (Phi) is 6.79. The first-order valence-electron chi connectivity index (χ1n) is 9.71. The number of benzene rings is 2. The SMILES string of the molecule is CC(Sc1nnc(-c2ccncc2)n1Cc1ccccc1)C(=O)Nc1ccc(Br)cc1. The fourth-order valence-electron chi connectivity index (χ4n) is 2.99. The van der Waals surface area contributed by atoms with Gasteiger partial charge in [0.15, 0.2) is 11.0 Å². The molecule has 0 radical (unpaired) electrons. The number of anilines is 1. The number of nitrogens with one attached hydrogen (secondary N) is 1. The van der Waals surface area contributed by atoms with Crippen molar-refractivity contribution in [2.45, 2.75) is 23.9 Å². The van der Waals surface area contributed by atoms with Crippen molar-refractivity contribution < 1.29 is 4.79 Å². The third kappa shape index (κ3) is 5.39. The highest BCUT2D eigenvalue weighted by Gasteiger charge is 2.21. The lowest BCUT2D eigenvalue weighted by Crippen LogP contribution is -2.23. The highest BCUT2D eigenvalue weighted by atomic mass is 79.9. The van der Waals surface area contributed by atoms with Crippen LogP contribution in [0.25, 0.3) is 11.4 Å². The van der Waals surface area contributed by atoms with Crippen LogP contribution in [-0.4, -0.2) is 30.9 Å². The molecule has 156 valence electrons. The van der Waals surface area contributed by atoms with Gasteiger partial charge < -0.3 is 5.32 Å². The first-order chi connectivity index (χ1) is 15.1. The number of carbonyl (C=O) groups excluding carboxylic acids is 1. The fourth-order valence-corrected chi connectivity index (χ4v) is 4.10. The lowest BCUT2D eigenvalue weighted by molar-refractivity contribution is -0.115. The summed E-state index contributed by atoms with van der Waals surface area (Å²) in [5.41, 5.74) is 2.81. The Morgan fingerprint density at radius 2 is 1.74 bits per heavy atom. The standard InChI is InChI=1S/C23H20BrN5OS/c1-16(22(30)26-20-9-7-19(24)8-10-20)31-23-28-27-21(18-11-13-25-14-12-18)29(23)15-17-5-3-2-4-6-17/h2-14,16H,15H2,1H3,(H,26,30). The molecular formula is C23H20BrN5OS. The Morgan fingerprint density at radius 1 is 1.03 bits per heavy atom. The van der Waals surface area contributed by atoms with E-state index in [0.717, 1.165) is 27.1 Å². The summed E-state index contributed by atoms with van der Waals surface area (Å²) >= 11 is 4.79. The van der Waals surface area contributed by atoms with E-state index in [9.17, 15) is 4.79 Å². The number of nitrogens with zero attached hydrogens (tertiary/aromatic N) is 4. The first-order valence-corrected chi connectivity index (χ1v) is 11.4. The number of rotatable bonds is 7. The maximum Gasteiger partial charge on any atom is 0.237 e. The molecule has 2 aromatic carbocycles. The average Bonchev–Trinajstić information content (AvgIpc) is 3.18. The Hall–Kier alpha value is -2.97. The van der Waals surface area contributed by atoms with Gasteiger partial charge in [-0.15, -0.1) is 10.2 Å². The van der Waals surface area contributed by atoms with E-state index in [1.165, 1.54) is 11.8 Å². The summed E-state index contributed by atoms with van der Waals surface area (Å²) in [5, 5.41) is 12.1. The molecule has 0 bridgehead atoms. The Labute approximate surface area is 193 Å². The van der Waals surface area contributed by atoms with Gasteiger partial charge in [-0.05, 0) is 48.9 Å². The van der Waals surface area contributed by atoms with Crippen molar-refractivity contribution in [3.05, 3.63) is 89.2 Å². The number of halogens is 1. The number of carbonyl (C=O) groups is 1. The van der Waals surface area contributed by atoms with E-state index in [2.05, 4.69) is 48.6 Å². The minimum Gasteiger partial charge on any atom is -0.325 e. The predicted molar refractivity (Wildman–Crippen MR) is 127 cm³/mol. The molecule has 0 spiro atoms. The molecular weight excluding hydrogens is 474 g/mol. The largest absolute Gasteiger partial charge is 0.325 e. The van der Waals surface area contributed by atoms with Gasteiger partial charge in [0, 0.05) is 28.1 Å². The van der Waals surface area contributed by atoms with Crippen LogP contribution in [0, 0.1) is 0 Å². The second kappa shape index (κ2) is 9.89. The summed E-state index contributed by atoms with van der Waals surface area (Å²) in [7, 11) is 0. The van der Waals surface area contributed by atoms with Crippen molar-refractivity contribution >= 4 is 39.3 Å².